The first-order valence-electron chi connectivity index (χ1n) is 7.86. The van der Waals surface area contributed by atoms with E-state index in [0.717, 1.165) is 36.8 Å². The Kier molecular flexibility index (Phi) is 9.83. The van der Waals surface area contributed by atoms with Crippen LogP contribution in [0.5, 0.6) is 5.75 Å². The van der Waals surface area contributed by atoms with Crippen molar-refractivity contribution in [2.75, 3.05) is 20.2 Å². The van der Waals surface area contributed by atoms with Gasteiger partial charge in [0.05, 0.1) is 13.7 Å². The summed E-state index contributed by atoms with van der Waals surface area (Å²) in [5.41, 5.74) is 2.33. The fourth-order valence-electron chi connectivity index (χ4n) is 2.15. The minimum atomic E-state index is 0. The van der Waals surface area contributed by atoms with Crippen molar-refractivity contribution >= 4 is 29.9 Å². The van der Waals surface area contributed by atoms with Gasteiger partial charge in [-0.1, -0.05) is 18.2 Å². The van der Waals surface area contributed by atoms with Gasteiger partial charge in [-0.2, -0.15) is 0 Å². The molecule has 1 aromatic carbocycles. The van der Waals surface area contributed by atoms with Gasteiger partial charge in [0.15, 0.2) is 5.96 Å². The van der Waals surface area contributed by atoms with Crippen LogP contribution < -0.4 is 15.4 Å². The molecule has 0 atom stereocenters. The number of hydrogen-bond donors (Lipinski definition) is 2. The number of pyridine rings is 1. The Bertz CT molecular complexity index is 619. The van der Waals surface area contributed by atoms with Crippen LogP contribution >= 0.6 is 24.0 Å². The lowest BCUT2D eigenvalue weighted by Gasteiger charge is -2.11. The van der Waals surface area contributed by atoms with Crippen molar-refractivity contribution in [1.29, 1.82) is 0 Å². The maximum atomic E-state index is 5.24. The Morgan fingerprint density at radius 2 is 2.00 bits per heavy atom. The molecule has 1 aromatic heterocycles. The molecule has 0 aliphatic carbocycles. The first-order valence-corrected chi connectivity index (χ1v) is 7.86. The molecule has 5 nitrogen and oxygen atoms in total. The van der Waals surface area contributed by atoms with E-state index >= 15 is 0 Å². The van der Waals surface area contributed by atoms with Crippen LogP contribution in [0.4, 0.5) is 0 Å². The summed E-state index contributed by atoms with van der Waals surface area (Å²) >= 11 is 0. The van der Waals surface area contributed by atoms with Crippen LogP contribution in [0.1, 0.15) is 18.1 Å². The van der Waals surface area contributed by atoms with Gasteiger partial charge >= 0.3 is 0 Å². The van der Waals surface area contributed by atoms with E-state index in [1.165, 1.54) is 5.56 Å². The summed E-state index contributed by atoms with van der Waals surface area (Å²) in [4.78, 5) is 8.74. The minimum Gasteiger partial charge on any atom is -0.497 e. The summed E-state index contributed by atoms with van der Waals surface area (Å²) in [6, 6.07) is 12.0. The Morgan fingerprint density at radius 3 is 2.71 bits per heavy atom. The maximum Gasteiger partial charge on any atom is 0.191 e. The van der Waals surface area contributed by atoms with Crippen molar-refractivity contribution in [3.8, 4) is 5.75 Å². The van der Waals surface area contributed by atoms with Crippen molar-refractivity contribution in [3.63, 3.8) is 0 Å². The second kappa shape index (κ2) is 11.7. The molecule has 0 fully saturated rings. The van der Waals surface area contributed by atoms with Gasteiger partial charge < -0.3 is 15.4 Å². The molecule has 2 N–H and O–H groups in total. The molecule has 6 heteroatoms. The average Bonchev–Trinajstić information content (AvgIpc) is 2.61. The summed E-state index contributed by atoms with van der Waals surface area (Å²) in [7, 11) is 1.67. The van der Waals surface area contributed by atoms with Crippen LogP contribution in [-0.4, -0.2) is 31.1 Å². The van der Waals surface area contributed by atoms with Gasteiger partial charge in [-0.15, -0.1) is 24.0 Å². The first-order chi connectivity index (χ1) is 11.3. The number of nitrogens with zero attached hydrogens (tertiary/aromatic N) is 2. The van der Waals surface area contributed by atoms with Gasteiger partial charge in [0.2, 0.25) is 0 Å². The first kappa shape index (κ1) is 20.2. The van der Waals surface area contributed by atoms with Crippen LogP contribution in [0.25, 0.3) is 0 Å². The Hall–Kier alpha value is -1.83. The molecule has 0 aliphatic heterocycles. The van der Waals surface area contributed by atoms with E-state index in [4.69, 9.17) is 4.74 Å². The van der Waals surface area contributed by atoms with Crippen LogP contribution in [0.3, 0.4) is 0 Å². The van der Waals surface area contributed by atoms with E-state index in [0.29, 0.717) is 6.54 Å². The number of ether oxygens (including phenoxy) is 1. The average molecular weight is 440 g/mol. The smallest absolute Gasteiger partial charge is 0.191 e. The number of aliphatic imine (C=N–C) groups is 1. The van der Waals surface area contributed by atoms with Crippen LogP contribution in [0.15, 0.2) is 53.8 Å². The number of halogens is 1. The summed E-state index contributed by atoms with van der Waals surface area (Å²) < 4.78 is 5.24. The molecule has 0 radical (unpaired) electrons. The predicted molar refractivity (Wildman–Crippen MR) is 109 cm³/mol. The number of aromatic nitrogens is 1. The molecule has 0 amide bonds. The molecule has 0 aliphatic rings. The van der Waals surface area contributed by atoms with Gasteiger partial charge in [-0.3, -0.25) is 4.98 Å². The van der Waals surface area contributed by atoms with E-state index in [1.54, 1.807) is 13.3 Å². The summed E-state index contributed by atoms with van der Waals surface area (Å²) in [6.45, 7) is 4.32. The van der Waals surface area contributed by atoms with Crippen molar-refractivity contribution in [2.24, 2.45) is 4.99 Å². The number of benzene rings is 1. The topological polar surface area (TPSA) is 58.5 Å². The van der Waals surface area contributed by atoms with Crippen molar-refractivity contribution in [1.82, 2.24) is 15.6 Å². The highest BCUT2D eigenvalue weighted by molar-refractivity contribution is 14.0. The third kappa shape index (κ3) is 7.16. The standard InChI is InChI=1S/C18H24N4O.HI/c1-3-20-18(21-11-9-15-7-5-10-19-13-15)22-14-16-6-4-8-17(12-16)23-2;/h4-8,10,12-13H,3,9,11,14H2,1-2H3,(H2,20,21,22);1H. The second-order valence-corrected chi connectivity index (χ2v) is 5.08. The zero-order valence-corrected chi connectivity index (χ0v) is 16.5. The molecule has 0 bridgehead atoms. The highest BCUT2D eigenvalue weighted by Crippen LogP contribution is 2.13. The van der Waals surface area contributed by atoms with E-state index < -0.39 is 0 Å². The van der Waals surface area contributed by atoms with Gasteiger partial charge in [-0.05, 0) is 42.7 Å². The van der Waals surface area contributed by atoms with Gasteiger partial charge in [0, 0.05) is 25.5 Å². The molecule has 0 saturated carbocycles. The SMILES string of the molecule is CCNC(=NCc1cccc(OC)c1)NCCc1cccnc1.I. The Balaban J connectivity index is 0.00000288. The van der Waals surface area contributed by atoms with E-state index in [2.05, 4.69) is 33.6 Å². The second-order valence-electron chi connectivity index (χ2n) is 5.08. The molecule has 24 heavy (non-hydrogen) atoms. The maximum absolute atomic E-state index is 5.24. The largest absolute Gasteiger partial charge is 0.497 e. The molecule has 2 rings (SSSR count). The third-order valence-electron chi connectivity index (χ3n) is 3.33. The highest BCUT2D eigenvalue weighted by atomic mass is 127. The van der Waals surface area contributed by atoms with Gasteiger partial charge in [0.1, 0.15) is 5.75 Å². The zero-order valence-electron chi connectivity index (χ0n) is 14.2. The lowest BCUT2D eigenvalue weighted by molar-refractivity contribution is 0.414. The Labute approximate surface area is 161 Å². The monoisotopic (exact) mass is 440 g/mol. The summed E-state index contributed by atoms with van der Waals surface area (Å²) in [5.74, 6) is 1.67. The highest BCUT2D eigenvalue weighted by Gasteiger charge is 1.99. The molecule has 0 spiro atoms. The fourth-order valence-corrected chi connectivity index (χ4v) is 2.15. The van der Waals surface area contributed by atoms with Crippen LogP contribution in [0, 0.1) is 0 Å². The molecule has 1 heterocycles. The van der Waals surface area contributed by atoms with Crippen molar-refractivity contribution in [3.05, 3.63) is 59.9 Å². The lowest BCUT2D eigenvalue weighted by Crippen LogP contribution is -2.38. The molecule has 0 saturated heterocycles. The number of guanidine groups is 1. The predicted octanol–water partition coefficient (Wildman–Crippen LogP) is 3.01. The Morgan fingerprint density at radius 1 is 1.17 bits per heavy atom. The van der Waals surface area contributed by atoms with Gasteiger partial charge in [-0.25, -0.2) is 4.99 Å². The molecule has 2 aromatic rings. The molecule has 130 valence electrons. The number of methoxy groups -OCH3 is 1. The number of hydrogen-bond acceptors (Lipinski definition) is 3. The molecule has 0 unspecified atom stereocenters. The summed E-state index contributed by atoms with van der Waals surface area (Å²) in [6.07, 6.45) is 4.59. The normalized spacial score (nSPS) is 10.7. The van der Waals surface area contributed by atoms with Gasteiger partial charge in [0.25, 0.3) is 0 Å². The van der Waals surface area contributed by atoms with E-state index in [1.807, 2.05) is 36.5 Å². The lowest BCUT2D eigenvalue weighted by atomic mass is 10.2. The number of rotatable bonds is 7. The van der Waals surface area contributed by atoms with Crippen LogP contribution in [0.2, 0.25) is 0 Å². The minimum absolute atomic E-state index is 0. The van der Waals surface area contributed by atoms with E-state index in [-0.39, 0.29) is 24.0 Å². The van der Waals surface area contributed by atoms with Crippen molar-refractivity contribution in [2.45, 2.75) is 19.9 Å². The van der Waals surface area contributed by atoms with Crippen molar-refractivity contribution < 1.29 is 4.74 Å². The molecular weight excluding hydrogens is 415 g/mol. The fraction of sp³-hybridized carbons (Fsp3) is 0.333. The quantitative estimate of drug-likeness (QED) is 0.395. The summed E-state index contributed by atoms with van der Waals surface area (Å²) in [5, 5.41) is 6.61. The zero-order chi connectivity index (χ0) is 16.3. The van der Waals surface area contributed by atoms with E-state index in [9.17, 15) is 0 Å². The molecular formula is C18H25IN4O. The number of nitrogens with one attached hydrogen (secondary N) is 2. The van der Waals surface area contributed by atoms with Crippen LogP contribution in [-0.2, 0) is 13.0 Å². The third-order valence-corrected chi connectivity index (χ3v) is 3.33.